The highest BCUT2D eigenvalue weighted by atomic mass is 32.1. The van der Waals surface area contributed by atoms with Crippen molar-refractivity contribution in [3.63, 3.8) is 0 Å². The monoisotopic (exact) mass is 281 g/mol. The molecule has 1 N–H and O–H groups in total. The van der Waals surface area contributed by atoms with Crippen molar-refractivity contribution < 1.29 is 9.78 Å². The first-order chi connectivity index (χ1) is 9.04. The lowest BCUT2D eigenvalue weighted by Gasteiger charge is -2.16. The summed E-state index contributed by atoms with van der Waals surface area (Å²) >= 11 is 5.18. The Labute approximate surface area is 115 Å². The molecule has 1 aromatic carbocycles. The highest BCUT2D eigenvalue weighted by Crippen LogP contribution is 2.11. The highest BCUT2D eigenvalue weighted by molar-refractivity contribution is 7.71. The average molecular weight is 281 g/mol. The predicted octanol–water partition coefficient (Wildman–Crippen LogP) is 1.33. The van der Waals surface area contributed by atoms with Crippen LogP contribution < -0.4 is 10.6 Å². The third-order valence-corrected chi connectivity index (χ3v) is 2.96. The maximum atomic E-state index is 12.3. The van der Waals surface area contributed by atoms with Gasteiger partial charge in [0, 0.05) is 14.1 Å². The third kappa shape index (κ3) is 2.67. The number of aromatic amines is 1. The van der Waals surface area contributed by atoms with Gasteiger partial charge in [0.2, 0.25) is 0 Å². The molecule has 1 heterocycles. The van der Waals surface area contributed by atoms with E-state index in [-0.39, 0.29) is 5.56 Å². The summed E-state index contributed by atoms with van der Waals surface area (Å²) in [7, 11) is 4.97. The second kappa shape index (κ2) is 5.52. The van der Waals surface area contributed by atoms with Gasteiger partial charge < -0.3 is 9.99 Å². The van der Waals surface area contributed by atoms with Crippen LogP contribution in [0.1, 0.15) is 5.56 Å². The molecule has 0 saturated carbocycles. The number of aromatic nitrogens is 2. The van der Waals surface area contributed by atoms with Crippen LogP contribution in [0.15, 0.2) is 23.0 Å². The standard InChI is InChI=1S/C12H15N3O3S/c1-14(2)15-11(16)9-5-4-8(7-18-17-3)6-10(9)13-12(15)19/h4-6H,7H2,1-3H3,(H,13,19). The van der Waals surface area contributed by atoms with Crippen LogP contribution in [0, 0.1) is 4.77 Å². The Kier molecular flexibility index (Phi) is 3.98. The van der Waals surface area contributed by atoms with Gasteiger partial charge in [-0.3, -0.25) is 4.79 Å². The fourth-order valence-corrected chi connectivity index (χ4v) is 2.19. The molecule has 102 valence electrons. The Balaban J connectivity index is 2.61. The fraction of sp³-hybridized carbons (Fsp3) is 0.333. The topological polar surface area (TPSA) is 59.5 Å². The van der Waals surface area contributed by atoms with Crippen LogP contribution in [-0.2, 0) is 16.4 Å². The largest absolute Gasteiger partial charge is 0.330 e. The van der Waals surface area contributed by atoms with Gasteiger partial charge in [-0.25, -0.2) is 9.78 Å². The Hall–Kier alpha value is -1.70. The number of nitrogens with one attached hydrogen (secondary N) is 1. The number of rotatable bonds is 4. The fourth-order valence-electron chi connectivity index (χ4n) is 1.84. The van der Waals surface area contributed by atoms with Gasteiger partial charge in [-0.15, -0.1) is 0 Å². The molecule has 7 heteroatoms. The lowest BCUT2D eigenvalue weighted by atomic mass is 10.1. The van der Waals surface area contributed by atoms with Gasteiger partial charge in [0.25, 0.3) is 5.56 Å². The van der Waals surface area contributed by atoms with Crippen LogP contribution in [0.3, 0.4) is 0 Å². The maximum Gasteiger partial charge on any atom is 0.280 e. The molecule has 0 saturated heterocycles. The minimum atomic E-state index is -0.150. The molecule has 6 nitrogen and oxygen atoms in total. The molecule has 0 fully saturated rings. The Morgan fingerprint density at radius 3 is 2.79 bits per heavy atom. The van der Waals surface area contributed by atoms with E-state index in [1.54, 1.807) is 25.2 Å². The molecule has 0 unspecified atom stereocenters. The highest BCUT2D eigenvalue weighted by Gasteiger charge is 2.07. The molecule has 0 aliphatic heterocycles. The first-order valence-electron chi connectivity index (χ1n) is 5.66. The summed E-state index contributed by atoms with van der Waals surface area (Å²) in [4.78, 5) is 24.7. The number of H-pyrrole nitrogens is 1. The minimum Gasteiger partial charge on any atom is -0.330 e. The van der Waals surface area contributed by atoms with Crippen molar-refractivity contribution in [2.45, 2.75) is 6.61 Å². The van der Waals surface area contributed by atoms with Crippen LogP contribution in [0.4, 0.5) is 0 Å². The third-order valence-electron chi connectivity index (χ3n) is 2.68. The zero-order valence-corrected chi connectivity index (χ0v) is 11.8. The lowest BCUT2D eigenvalue weighted by Crippen LogP contribution is -2.37. The average Bonchev–Trinajstić information content (AvgIpc) is 2.35. The van der Waals surface area contributed by atoms with Crippen molar-refractivity contribution in [2.24, 2.45) is 0 Å². The van der Waals surface area contributed by atoms with Gasteiger partial charge in [-0.2, -0.15) is 4.68 Å². The number of benzene rings is 1. The number of hydrogen-bond donors (Lipinski definition) is 1. The summed E-state index contributed by atoms with van der Waals surface area (Å²) in [6.45, 7) is 0.309. The smallest absolute Gasteiger partial charge is 0.280 e. The molecule has 0 aliphatic rings. The molecule has 0 radical (unpaired) electrons. The predicted molar refractivity (Wildman–Crippen MR) is 75.3 cm³/mol. The number of hydrogen-bond acceptors (Lipinski definition) is 5. The molecule has 2 rings (SSSR count). The van der Waals surface area contributed by atoms with Crippen LogP contribution in [0.25, 0.3) is 10.9 Å². The number of nitrogens with zero attached hydrogens (tertiary/aromatic N) is 2. The van der Waals surface area contributed by atoms with Gasteiger partial charge >= 0.3 is 0 Å². The Bertz CT molecular complexity index is 705. The van der Waals surface area contributed by atoms with E-state index in [1.165, 1.54) is 11.8 Å². The van der Waals surface area contributed by atoms with Crippen molar-refractivity contribution in [3.8, 4) is 0 Å². The summed E-state index contributed by atoms with van der Waals surface area (Å²) in [5, 5.41) is 2.21. The summed E-state index contributed by atoms with van der Waals surface area (Å²) in [6.07, 6.45) is 0. The molecule has 0 atom stereocenters. The number of fused-ring (bicyclic) bond motifs is 1. The van der Waals surface area contributed by atoms with Gasteiger partial charge in [0.15, 0.2) is 4.77 Å². The first kappa shape index (κ1) is 13.7. The lowest BCUT2D eigenvalue weighted by molar-refractivity contribution is -0.282. The zero-order chi connectivity index (χ0) is 14.0. The van der Waals surface area contributed by atoms with Crippen LogP contribution in [-0.4, -0.2) is 30.9 Å². The van der Waals surface area contributed by atoms with Crippen LogP contribution in [0.5, 0.6) is 0 Å². The zero-order valence-electron chi connectivity index (χ0n) is 11.0. The molecule has 1 aromatic heterocycles. The normalized spacial score (nSPS) is 10.9. The summed E-state index contributed by atoms with van der Waals surface area (Å²) < 4.78 is 1.76. The molecular weight excluding hydrogens is 266 g/mol. The quantitative estimate of drug-likeness (QED) is 0.520. The van der Waals surface area contributed by atoms with E-state index in [1.807, 2.05) is 12.1 Å². The second-order valence-corrected chi connectivity index (χ2v) is 4.59. The molecular formula is C12H15N3O3S. The van der Waals surface area contributed by atoms with Crippen molar-refractivity contribution in [3.05, 3.63) is 38.9 Å². The van der Waals surface area contributed by atoms with E-state index >= 15 is 0 Å². The Morgan fingerprint density at radius 1 is 1.42 bits per heavy atom. The molecule has 2 aromatic rings. The SMILES string of the molecule is COOCc1ccc2c(=O)n(N(C)C)c(=S)[nH]c2c1. The van der Waals surface area contributed by atoms with Gasteiger partial charge in [-0.1, -0.05) is 6.07 Å². The van der Waals surface area contributed by atoms with Crippen LogP contribution in [0.2, 0.25) is 0 Å². The van der Waals surface area contributed by atoms with Crippen molar-refractivity contribution in [1.29, 1.82) is 0 Å². The van der Waals surface area contributed by atoms with E-state index in [9.17, 15) is 4.79 Å². The summed E-state index contributed by atoms with van der Waals surface area (Å²) in [5.74, 6) is 0. The van der Waals surface area contributed by atoms with E-state index in [0.717, 1.165) is 5.56 Å². The van der Waals surface area contributed by atoms with Gasteiger partial charge in [0.05, 0.1) is 18.0 Å². The second-order valence-electron chi connectivity index (χ2n) is 4.20. The first-order valence-corrected chi connectivity index (χ1v) is 6.06. The van der Waals surface area contributed by atoms with E-state index in [0.29, 0.717) is 22.3 Å². The van der Waals surface area contributed by atoms with Crippen molar-refractivity contribution in [1.82, 2.24) is 9.66 Å². The Morgan fingerprint density at radius 2 is 2.16 bits per heavy atom. The summed E-state index contributed by atoms with van der Waals surface area (Å²) in [6, 6.07) is 5.39. The maximum absolute atomic E-state index is 12.3. The van der Waals surface area contributed by atoms with Crippen molar-refractivity contribution >= 4 is 23.1 Å². The van der Waals surface area contributed by atoms with Crippen LogP contribution >= 0.6 is 12.2 Å². The van der Waals surface area contributed by atoms with E-state index in [4.69, 9.17) is 17.1 Å². The van der Waals surface area contributed by atoms with Crippen molar-refractivity contribution in [2.75, 3.05) is 26.2 Å². The molecule has 0 spiro atoms. The van der Waals surface area contributed by atoms with E-state index in [2.05, 4.69) is 9.87 Å². The molecule has 0 aliphatic carbocycles. The minimum absolute atomic E-state index is 0.150. The van der Waals surface area contributed by atoms with E-state index < -0.39 is 0 Å². The molecule has 0 amide bonds. The van der Waals surface area contributed by atoms with Gasteiger partial charge in [0.1, 0.15) is 6.61 Å². The molecule has 0 bridgehead atoms. The summed E-state index contributed by atoms with van der Waals surface area (Å²) in [5.41, 5.74) is 1.43. The molecule has 19 heavy (non-hydrogen) atoms. The van der Waals surface area contributed by atoms with Gasteiger partial charge in [-0.05, 0) is 29.9 Å².